The van der Waals surface area contributed by atoms with Crippen LogP contribution in [0.25, 0.3) is 0 Å². The van der Waals surface area contributed by atoms with E-state index in [1.54, 1.807) is 0 Å². The molecule has 1 N–H and O–H groups in total. The first-order valence-electron chi connectivity index (χ1n) is 4.90. The maximum atomic E-state index is 13.2. The molecule has 0 amide bonds. The molecule has 1 aromatic rings. The minimum absolute atomic E-state index is 0.0397. The second kappa shape index (κ2) is 4.41. The molecule has 0 saturated carbocycles. The summed E-state index contributed by atoms with van der Waals surface area (Å²) in [6, 6.07) is 0. The summed E-state index contributed by atoms with van der Waals surface area (Å²) in [6.45, 7) is 6.08. The van der Waals surface area contributed by atoms with Gasteiger partial charge in [0.2, 0.25) is 5.82 Å². The van der Waals surface area contributed by atoms with Crippen LogP contribution in [0.5, 0.6) is 0 Å². The summed E-state index contributed by atoms with van der Waals surface area (Å²) in [5.74, 6) is -1.12. The summed E-state index contributed by atoms with van der Waals surface area (Å²) in [7, 11) is 0. The Morgan fingerprint density at radius 2 is 1.94 bits per heavy atom. The first-order valence-corrected chi connectivity index (χ1v) is 5.28. The third-order valence-corrected chi connectivity index (χ3v) is 2.43. The van der Waals surface area contributed by atoms with Gasteiger partial charge in [0.15, 0.2) is 5.15 Å². The minimum Gasteiger partial charge on any atom is -0.295 e. The average Bonchev–Trinajstić information content (AvgIpc) is 2.12. The van der Waals surface area contributed by atoms with Crippen LogP contribution >= 0.6 is 11.6 Å². The Morgan fingerprint density at radius 1 is 1.38 bits per heavy atom. The van der Waals surface area contributed by atoms with Gasteiger partial charge in [0, 0.05) is 6.54 Å². The Kier molecular flexibility index (Phi) is 3.57. The molecule has 0 atom stereocenters. The highest BCUT2D eigenvalue weighted by Crippen LogP contribution is 2.18. The smallest absolute Gasteiger partial charge is 0.295 e. The molecule has 0 unspecified atom stereocenters. The van der Waals surface area contributed by atoms with Crippen molar-refractivity contribution in [3.63, 3.8) is 0 Å². The number of nitrogens with one attached hydrogen (secondary N) is 1. The van der Waals surface area contributed by atoms with Gasteiger partial charge in [-0.3, -0.25) is 14.3 Å². The van der Waals surface area contributed by atoms with Crippen molar-refractivity contribution >= 4 is 11.6 Å². The highest BCUT2D eigenvalue weighted by molar-refractivity contribution is 6.29. The summed E-state index contributed by atoms with van der Waals surface area (Å²) < 4.78 is 14.0. The van der Waals surface area contributed by atoms with Crippen molar-refractivity contribution < 1.29 is 4.39 Å². The van der Waals surface area contributed by atoms with Gasteiger partial charge in [-0.25, -0.2) is 4.79 Å². The molecule has 0 aromatic carbocycles. The summed E-state index contributed by atoms with van der Waals surface area (Å²) in [6.07, 6.45) is 0.594. The van der Waals surface area contributed by atoms with Crippen LogP contribution in [0.1, 0.15) is 27.2 Å². The van der Waals surface area contributed by atoms with E-state index in [9.17, 15) is 14.0 Å². The maximum absolute atomic E-state index is 13.2. The van der Waals surface area contributed by atoms with Crippen molar-refractivity contribution in [2.24, 2.45) is 5.41 Å². The molecule has 0 radical (unpaired) electrons. The highest BCUT2D eigenvalue weighted by atomic mass is 35.5. The van der Waals surface area contributed by atoms with Crippen molar-refractivity contribution in [3.8, 4) is 0 Å². The lowest BCUT2D eigenvalue weighted by Crippen LogP contribution is -2.38. The zero-order chi connectivity index (χ0) is 12.5. The molecule has 16 heavy (non-hydrogen) atoms. The molecular weight excluding hydrogens is 235 g/mol. The van der Waals surface area contributed by atoms with Gasteiger partial charge in [0.05, 0.1) is 0 Å². The fraction of sp³-hybridized carbons (Fsp3) is 0.600. The summed E-state index contributed by atoms with van der Waals surface area (Å²) >= 11 is 5.34. The summed E-state index contributed by atoms with van der Waals surface area (Å²) in [5, 5.41) is -0.540. The van der Waals surface area contributed by atoms with Gasteiger partial charge in [0.25, 0.3) is 5.56 Å². The van der Waals surface area contributed by atoms with Gasteiger partial charge in [-0.05, 0) is 11.8 Å². The van der Waals surface area contributed by atoms with Crippen LogP contribution in [0.15, 0.2) is 9.59 Å². The van der Waals surface area contributed by atoms with Gasteiger partial charge >= 0.3 is 5.69 Å². The first-order chi connectivity index (χ1) is 7.22. The van der Waals surface area contributed by atoms with E-state index in [2.05, 4.69) is 4.98 Å². The first kappa shape index (κ1) is 13.0. The molecule has 0 saturated heterocycles. The molecule has 0 fully saturated rings. The molecule has 0 bridgehead atoms. The van der Waals surface area contributed by atoms with E-state index in [4.69, 9.17) is 11.6 Å². The predicted molar refractivity (Wildman–Crippen MR) is 60.4 cm³/mol. The molecular formula is C10H14ClFN2O2. The van der Waals surface area contributed by atoms with Crippen LogP contribution < -0.4 is 11.2 Å². The van der Waals surface area contributed by atoms with E-state index < -0.39 is 22.2 Å². The Balaban J connectivity index is 3.12. The SMILES string of the molecule is CC(C)(C)CCn1c(=O)[nH]c(Cl)c(F)c1=O. The molecule has 0 aliphatic carbocycles. The number of hydrogen-bond acceptors (Lipinski definition) is 2. The number of H-pyrrole nitrogens is 1. The fourth-order valence-electron chi connectivity index (χ4n) is 1.17. The van der Waals surface area contributed by atoms with Crippen LogP contribution in [0.4, 0.5) is 4.39 Å². The maximum Gasteiger partial charge on any atom is 0.329 e. The second-order valence-electron chi connectivity index (χ2n) is 4.83. The van der Waals surface area contributed by atoms with E-state index in [1.807, 2.05) is 20.8 Å². The zero-order valence-electron chi connectivity index (χ0n) is 9.43. The molecule has 1 rings (SSSR count). The van der Waals surface area contributed by atoms with Crippen LogP contribution in [0.3, 0.4) is 0 Å². The molecule has 0 aliphatic rings. The van der Waals surface area contributed by atoms with E-state index >= 15 is 0 Å². The van der Waals surface area contributed by atoms with Crippen LogP contribution in [-0.4, -0.2) is 9.55 Å². The quantitative estimate of drug-likeness (QED) is 0.811. The Morgan fingerprint density at radius 3 is 2.44 bits per heavy atom. The van der Waals surface area contributed by atoms with E-state index in [1.165, 1.54) is 0 Å². The van der Waals surface area contributed by atoms with Gasteiger partial charge in [-0.15, -0.1) is 0 Å². The fourth-order valence-corrected chi connectivity index (χ4v) is 1.33. The standard InChI is InChI=1S/C10H14ClFN2O2/c1-10(2,3)4-5-14-8(15)6(12)7(11)13-9(14)16/h4-5H2,1-3H3,(H,13,16). The number of halogens is 2. The van der Waals surface area contributed by atoms with Crippen molar-refractivity contribution in [3.05, 3.63) is 31.8 Å². The van der Waals surface area contributed by atoms with Crippen molar-refractivity contribution in [1.82, 2.24) is 9.55 Å². The van der Waals surface area contributed by atoms with Gasteiger partial charge in [-0.1, -0.05) is 32.4 Å². The van der Waals surface area contributed by atoms with Crippen molar-refractivity contribution in [2.75, 3.05) is 0 Å². The minimum atomic E-state index is -1.12. The Labute approximate surface area is 97.1 Å². The Hall–Kier alpha value is -1.10. The topological polar surface area (TPSA) is 54.9 Å². The van der Waals surface area contributed by atoms with Crippen molar-refractivity contribution in [1.29, 1.82) is 0 Å². The number of hydrogen-bond donors (Lipinski definition) is 1. The van der Waals surface area contributed by atoms with Gasteiger partial charge in [-0.2, -0.15) is 4.39 Å². The number of nitrogens with zero attached hydrogens (tertiary/aromatic N) is 1. The average molecular weight is 249 g/mol. The molecule has 0 aliphatic heterocycles. The number of aromatic amines is 1. The molecule has 0 spiro atoms. The van der Waals surface area contributed by atoms with E-state index in [0.29, 0.717) is 6.42 Å². The lowest BCUT2D eigenvalue weighted by Gasteiger charge is -2.18. The second-order valence-corrected chi connectivity index (χ2v) is 5.20. The van der Waals surface area contributed by atoms with Crippen LogP contribution in [-0.2, 0) is 6.54 Å². The Bertz CT molecular complexity index is 499. The third-order valence-electron chi connectivity index (χ3n) is 2.17. The number of aromatic nitrogens is 2. The van der Waals surface area contributed by atoms with Crippen LogP contribution in [0.2, 0.25) is 5.15 Å². The highest BCUT2D eigenvalue weighted by Gasteiger charge is 2.15. The lowest BCUT2D eigenvalue weighted by molar-refractivity contribution is 0.341. The molecule has 1 aromatic heterocycles. The zero-order valence-corrected chi connectivity index (χ0v) is 10.2. The molecule has 6 heteroatoms. The predicted octanol–water partition coefficient (Wildman–Crippen LogP) is 1.77. The molecule has 4 nitrogen and oxygen atoms in total. The monoisotopic (exact) mass is 248 g/mol. The largest absolute Gasteiger partial charge is 0.329 e. The van der Waals surface area contributed by atoms with E-state index in [0.717, 1.165) is 4.57 Å². The normalized spacial score (nSPS) is 11.8. The van der Waals surface area contributed by atoms with Gasteiger partial charge in [0.1, 0.15) is 0 Å². The summed E-state index contributed by atoms with van der Waals surface area (Å²) in [4.78, 5) is 24.9. The number of rotatable bonds is 2. The van der Waals surface area contributed by atoms with Gasteiger partial charge < -0.3 is 0 Å². The van der Waals surface area contributed by atoms with E-state index in [-0.39, 0.29) is 12.0 Å². The molecule has 1 heterocycles. The van der Waals surface area contributed by atoms with Crippen LogP contribution in [0, 0.1) is 11.2 Å². The van der Waals surface area contributed by atoms with Crippen molar-refractivity contribution in [2.45, 2.75) is 33.7 Å². The molecule has 90 valence electrons. The third kappa shape index (κ3) is 2.95. The lowest BCUT2D eigenvalue weighted by atomic mass is 9.92. The summed E-state index contributed by atoms with van der Waals surface area (Å²) in [5.41, 5.74) is -1.69.